The molecule has 2 rings (SSSR count). The molecular formula is C12H23N. The third-order valence-corrected chi connectivity index (χ3v) is 4.30. The fraction of sp³-hybridized carbons (Fsp3) is 1.00. The van der Waals surface area contributed by atoms with E-state index in [9.17, 15) is 0 Å². The van der Waals surface area contributed by atoms with Gasteiger partial charge in [-0.3, -0.25) is 0 Å². The quantitative estimate of drug-likeness (QED) is 0.696. The topological polar surface area (TPSA) is 26.0 Å². The Hall–Kier alpha value is -0.0400. The molecule has 13 heavy (non-hydrogen) atoms. The molecule has 1 nitrogen and oxygen atoms in total. The van der Waals surface area contributed by atoms with Gasteiger partial charge in [-0.05, 0) is 43.4 Å². The van der Waals surface area contributed by atoms with Crippen molar-refractivity contribution in [3.05, 3.63) is 0 Å². The highest BCUT2D eigenvalue weighted by Gasteiger charge is 2.46. The van der Waals surface area contributed by atoms with E-state index in [0.29, 0.717) is 0 Å². The number of hydrogen-bond donors (Lipinski definition) is 1. The zero-order chi connectivity index (χ0) is 9.47. The minimum absolute atomic E-state index is 0.285. The first-order valence-corrected chi connectivity index (χ1v) is 5.91. The van der Waals surface area contributed by atoms with Crippen molar-refractivity contribution >= 4 is 0 Å². The van der Waals surface area contributed by atoms with Gasteiger partial charge >= 0.3 is 0 Å². The first kappa shape index (κ1) is 9.51. The molecule has 0 radical (unpaired) electrons. The Labute approximate surface area is 82.1 Å². The SMILES string of the molecule is CC(C)C1CCCC(C2(N)CC2)C1. The van der Waals surface area contributed by atoms with Crippen molar-refractivity contribution in [2.45, 2.75) is 57.9 Å². The molecule has 0 aromatic carbocycles. The highest BCUT2D eigenvalue weighted by molar-refractivity contribution is 5.05. The molecule has 76 valence electrons. The standard InChI is InChI=1S/C12H23N/c1-9(2)10-4-3-5-11(8-10)12(13)6-7-12/h9-11H,3-8,13H2,1-2H3. The fourth-order valence-electron chi connectivity index (χ4n) is 2.91. The monoisotopic (exact) mass is 181 g/mol. The van der Waals surface area contributed by atoms with E-state index in [1.54, 1.807) is 0 Å². The maximum atomic E-state index is 6.28. The van der Waals surface area contributed by atoms with Crippen LogP contribution in [0.1, 0.15) is 52.4 Å². The summed E-state index contributed by atoms with van der Waals surface area (Å²) in [6.45, 7) is 4.73. The highest BCUT2D eigenvalue weighted by Crippen LogP contribution is 2.48. The maximum Gasteiger partial charge on any atom is 0.0184 e. The Kier molecular flexibility index (Phi) is 2.39. The lowest BCUT2D eigenvalue weighted by atomic mass is 9.73. The molecule has 2 fully saturated rings. The van der Waals surface area contributed by atoms with Crippen molar-refractivity contribution < 1.29 is 0 Å². The Morgan fingerprint density at radius 3 is 2.46 bits per heavy atom. The van der Waals surface area contributed by atoms with Gasteiger partial charge in [0.05, 0.1) is 0 Å². The van der Waals surface area contributed by atoms with E-state index in [2.05, 4.69) is 13.8 Å². The van der Waals surface area contributed by atoms with Crippen LogP contribution >= 0.6 is 0 Å². The summed E-state index contributed by atoms with van der Waals surface area (Å²) in [5.74, 6) is 2.68. The second-order valence-electron chi connectivity index (χ2n) is 5.60. The van der Waals surface area contributed by atoms with Crippen LogP contribution in [0.2, 0.25) is 0 Å². The third-order valence-electron chi connectivity index (χ3n) is 4.30. The van der Waals surface area contributed by atoms with Gasteiger partial charge < -0.3 is 5.73 Å². The molecule has 0 aromatic rings. The molecule has 0 spiro atoms. The van der Waals surface area contributed by atoms with E-state index in [-0.39, 0.29) is 5.54 Å². The molecule has 1 heteroatoms. The lowest BCUT2D eigenvalue weighted by molar-refractivity contribution is 0.184. The molecule has 0 saturated heterocycles. The molecule has 2 unspecified atom stereocenters. The van der Waals surface area contributed by atoms with E-state index in [1.807, 2.05) is 0 Å². The van der Waals surface area contributed by atoms with E-state index >= 15 is 0 Å². The van der Waals surface area contributed by atoms with E-state index < -0.39 is 0 Å². The van der Waals surface area contributed by atoms with Crippen molar-refractivity contribution in [1.29, 1.82) is 0 Å². The van der Waals surface area contributed by atoms with Gasteiger partial charge in [-0.25, -0.2) is 0 Å². The van der Waals surface area contributed by atoms with Gasteiger partial charge in [0.2, 0.25) is 0 Å². The molecule has 0 aliphatic heterocycles. The molecule has 0 bridgehead atoms. The zero-order valence-corrected chi connectivity index (χ0v) is 9.05. The summed E-state index contributed by atoms with van der Waals surface area (Å²) in [4.78, 5) is 0. The van der Waals surface area contributed by atoms with Crippen molar-refractivity contribution in [1.82, 2.24) is 0 Å². The summed E-state index contributed by atoms with van der Waals surface area (Å²) < 4.78 is 0. The summed E-state index contributed by atoms with van der Waals surface area (Å²) in [7, 11) is 0. The third kappa shape index (κ3) is 1.90. The number of rotatable bonds is 2. The molecule has 0 aromatic heterocycles. The molecule has 2 saturated carbocycles. The van der Waals surface area contributed by atoms with Gasteiger partial charge in [-0.2, -0.15) is 0 Å². The summed E-state index contributed by atoms with van der Waals surface area (Å²) >= 11 is 0. The minimum Gasteiger partial charge on any atom is -0.325 e. The van der Waals surface area contributed by atoms with Crippen molar-refractivity contribution in [3.8, 4) is 0 Å². The van der Waals surface area contributed by atoms with E-state index in [0.717, 1.165) is 17.8 Å². The van der Waals surface area contributed by atoms with Crippen molar-refractivity contribution in [3.63, 3.8) is 0 Å². The van der Waals surface area contributed by atoms with Gasteiger partial charge in [-0.15, -0.1) is 0 Å². The lowest BCUT2D eigenvalue weighted by Gasteiger charge is -2.35. The van der Waals surface area contributed by atoms with Crippen LogP contribution in [0.3, 0.4) is 0 Å². The van der Waals surface area contributed by atoms with Gasteiger partial charge in [-0.1, -0.05) is 26.7 Å². The molecule has 2 aliphatic rings. The lowest BCUT2D eigenvalue weighted by Crippen LogP contribution is -2.36. The van der Waals surface area contributed by atoms with Gasteiger partial charge in [0.15, 0.2) is 0 Å². The van der Waals surface area contributed by atoms with Crippen LogP contribution in [-0.2, 0) is 0 Å². The minimum atomic E-state index is 0.285. The second kappa shape index (κ2) is 3.27. The Morgan fingerprint density at radius 2 is 1.92 bits per heavy atom. The van der Waals surface area contributed by atoms with E-state index in [4.69, 9.17) is 5.73 Å². The van der Waals surface area contributed by atoms with Crippen LogP contribution < -0.4 is 5.73 Å². The van der Waals surface area contributed by atoms with Crippen LogP contribution in [0.4, 0.5) is 0 Å². The van der Waals surface area contributed by atoms with E-state index in [1.165, 1.54) is 38.5 Å². The molecule has 2 atom stereocenters. The number of hydrogen-bond acceptors (Lipinski definition) is 1. The predicted octanol–water partition coefficient (Wildman–Crippen LogP) is 2.94. The summed E-state index contributed by atoms with van der Waals surface area (Å²) in [5, 5.41) is 0. The average molecular weight is 181 g/mol. The van der Waals surface area contributed by atoms with Crippen molar-refractivity contribution in [2.75, 3.05) is 0 Å². The summed E-state index contributed by atoms with van der Waals surface area (Å²) in [5.41, 5.74) is 6.57. The van der Waals surface area contributed by atoms with Crippen LogP contribution in [0, 0.1) is 17.8 Å². The van der Waals surface area contributed by atoms with Crippen LogP contribution in [0.5, 0.6) is 0 Å². The number of nitrogens with two attached hydrogens (primary N) is 1. The molecule has 2 N–H and O–H groups in total. The Bertz CT molecular complexity index is 182. The molecular weight excluding hydrogens is 158 g/mol. The zero-order valence-electron chi connectivity index (χ0n) is 9.05. The van der Waals surface area contributed by atoms with Crippen LogP contribution in [-0.4, -0.2) is 5.54 Å². The molecule has 0 heterocycles. The van der Waals surface area contributed by atoms with Gasteiger partial charge in [0.1, 0.15) is 0 Å². The summed E-state index contributed by atoms with van der Waals surface area (Å²) in [6.07, 6.45) is 8.27. The van der Waals surface area contributed by atoms with Gasteiger partial charge in [0.25, 0.3) is 0 Å². The average Bonchev–Trinajstić information content (AvgIpc) is 2.85. The highest BCUT2D eigenvalue weighted by atomic mass is 14.8. The first-order chi connectivity index (χ1) is 6.12. The fourth-order valence-corrected chi connectivity index (χ4v) is 2.91. The largest absolute Gasteiger partial charge is 0.325 e. The molecule has 0 amide bonds. The van der Waals surface area contributed by atoms with Crippen LogP contribution in [0.25, 0.3) is 0 Å². The second-order valence-corrected chi connectivity index (χ2v) is 5.60. The normalized spacial score (nSPS) is 37.8. The van der Waals surface area contributed by atoms with Gasteiger partial charge in [0, 0.05) is 5.54 Å². The van der Waals surface area contributed by atoms with Crippen LogP contribution in [0.15, 0.2) is 0 Å². The van der Waals surface area contributed by atoms with Crippen molar-refractivity contribution in [2.24, 2.45) is 23.5 Å². The first-order valence-electron chi connectivity index (χ1n) is 5.91. The predicted molar refractivity (Wildman–Crippen MR) is 56.4 cm³/mol. The smallest absolute Gasteiger partial charge is 0.0184 e. The maximum absolute atomic E-state index is 6.28. The Balaban J connectivity index is 1.92. The Morgan fingerprint density at radius 1 is 1.23 bits per heavy atom. The summed E-state index contributed by atoms with van der Waals surface area (Å²) in [6, 6.07) is 0. The molecule has 2 aliphatic carbocycles.